The minimum atomic E-state index is -3.14. The second-order valence-corrected chi connectivity index (χ2v) is 8.49. The number of carbonyl (C=O) groups is 2. The maximum atomic E-state index is 12.1. The number of halogens is 1. The quantitative estimate of drug-likeness (QED) is 0.776. The smallest absolute Gasteiger partial charge is 0.342 e. The zero-order chi connectivity index (χ0) is 18.0. The topological polar surface area (TPSA) is 98.8 Å². The summed E-state index contributed by atoms with van der Waals surface area (Å²) in [7, 11) is -1.74. The third-order valence-corrected chi connectivity index (χ3v) is 5.80. The van der Waals surface area contributed by atoms with Crippen LogP contribution in [0.3, 0.4) is 0 Å². The van der Waals surface area contributed by atoms with E-state index in [1.807, 2.05) is 0 Å². The number of rotatable bonds is 5. The van der Waals surface area contributed by atoms with Gasteiger partial charge in [-0.2, -0.15) is 0 Å². The predicted molar refractivity (Wildman–Crippen MR) is 88.1 cm³/mol. The minimum Gasteiger partial charge on any atom is -0.496 e. The van der Waals surface area contributed by atoms with Crippen LogP contribution in [0.1, 0.15) is 23.7 Å². The van der Waals surface area contributed by atoms with Crippen molar-refractivity contribution in [3.05, 3.63) is 28.8 Å². The maximum Gasteiger partial charge on any atom is 0.342 e. The van der Waals surface area contributed by atoms with E-state index in [4.69, 9.17) is 21.1 Å². The van der Waals surface area contributed by atoms with Gasteiger partial charge in [-0.3, -0.25) is 4.79 Å². The molecule has 1 heterocycles. The lowest BCUT2D eigenvalue weighted by Gasteiger charge is -2.23. The number of amides is 1. The number of methoxy groups -OCH3 is 1. The van der Waals surface area contributed by atoms with E-state index < -0.39 is 33.9 Å². The Kier molecular flexibility index (Phi) is 5.39. The molecule has 1 amide bonds. The van der Waals surface area contributed by atoms with Crippen molar-refractivity contribution in [3.8, 4) is 5.75 Å². The van der Waals surface area contributed by atoms with E-state index in [2.05, 4.69) is 5.32 Å². The van der Waals surface area contributed by atoms with E-state index >= 15 is 0 Å². The number of sulfone groups is 1. The molecule has 1 aliphatic rings. The Hall–Kier alpha value is -1.80. The molecular weight excluding hydrogens is 358 g/mol. The molecule has 1 saturated heterocycles. The van der Waals surface area contributed by atoms with Gasteiger partial charge in [-0.1, -0.05) is 11.6 Å². The third kappa shape index (κ3) is 4.61. The average molecular weight is 376 g/mol. The fourth-order valence-corrected chi connectivity index (χ4v) is 4.80. The van der Waals surface area contributed by atoms with Crippen LogP contribution in [0, 0.1) is 0 Å². The maximum absolute atomic E-state index is 12.1. The molecule has 7 nitrogen and oxygen atoms in total. The highest BCUT2D eigenvalue weighted by molar-refractivity contribution is 7.91. The van der Waals surface area contributed by atoms with E-state index in [0.29, 0.717) is 11.4 Å². The van der Waals surface area contributed by atoms with Gasteiger partial charge in [0.05, 0.1) is 24.2 Å². The second kappa shape index (κ2) is 6.98. The molecule has 0 aliphatic carbocycles. The summed E-state index contributed by atoms with van der Waals surface area (Å²) in [5.41, 5.74) is -0.733. The first kappa shape index (κ1) is 18.5. The molecule has 1 aromatic rings. The molecule has 0 aromatic heterocycles. The molecule has 2 rings (SSSR count). The van der Waals surface area contributed by atoms with Crippen molar-refractivity contribution in [3.63, 3.8) is 0 Å². The van der Waals surface area contributed by atoms with Crippen molar-refractivity contribution >= 4 is 33.3 Å². The molecule has 0 bridgehead atoms. The second-order valence-electron chi connectivity index (χ2n) is 5.87. The van der Waals surface area contributed by atoms with E-state index in [1.165, 1.54) is 19.2 Å². The number of esters is 1. The number of nitrogens with one attached hydrogen (secondary N) is 1. The summed E-state index contributed by atoms with van der Waals surface area (Å²) in [6.07, 6.45) is 0.330. The summed E-state index contributed by atoms with van der Waals surface area (Å²) in [5.74, 6) is -1.14. The molecule has 1 aromatic carbocycles. The first-order chi connectivity index (χ1) is 11.1. The highest BCUT2D eigenvalue weighted by atomic mass is 35.5. The average Bonchev–Trinajstić information content (AvgIpc) is 2.78. The molecular formula is C15H18ClNO6S. The molecule has 1 unspecified atom stereocenters. The summed E-state index contributed by atoms with van der Waals surface area (Å²) in [6.45, 7) is 1.13. The van der Waals surface area contributed by atoms with Gasteiger partial charge in [-0.05, 0) is 31.5 Å². The lowest BCUT2D eigenvalue weighted by molar-refractivity contribution is -0.125. The van der Waals surface area contributed by atoms with Gasteiger partial charge in [0.15, 0.2) is 16.4 Å². The van der Waals surface area contributed by atoms with Crippen LogP contribution in [0.15, 0.2) is 18.2 Å². The van der Waals surface area contributed by atoms with Crippen LogP contribution in [0.5, 0.6) is 5.75 Å². The summed E-state index contributed by atoms with van der Waals surface area (Å²) in [4.78, 5) is 24.0. The molecule has 1 N–H and O–H groups in total. The Morgan fingerprint density at radius 2 is 2.08 bits per heavy atom. The molecule has 0 radical (unpaired) electrons. The molecule has 1 aliphatic heterocycles. The third-order valence-electron chi connectivity index (χ3n) is 3.66. The van der Waals surface area contributed by atoms with Gasteiger partial charge in [0, 0.05) is 5.02 Å². The molecule has 1 atom stereocenters. The van der Waals surface area contributed by atoms with Gasteiger partial charge in [-0.25, -0.2) is 13.2 Å². The normalized spacial score (nSPS) is 22.0. The first-order valence-electron chi connectivity index (χ1n) is 7.16. The molecule has 0 spiro atoms. The first-order valence-corrected chi connectivity index (χ1v) is 9.36. The van der Waals surface area contributed by atoms with Crippen LogP contribution in [-0.2, 0) is 19.4 Å². The van der Waals surface area contributed by atoms with Crippen molar-refractivity contribution in [1.82, 2.24) is 5.32 Å². The Morgan fingerprint density at radius 3 is 2.67 bits per heavy atom. The van der Waals surface area contributed by atoms with Crippen molar-refractivity contribution in [1.29, 1.82) is 0 Å². The van der Waals surface area contributed by atoms with Crippen LogP contribution in [-0.4, -0.2) is 51.1 Å². The van der Waals surface area contributed by atoms with Crippen molar-refractivity contribution in [2.75, 3.05) is 25.2 Å². The van der Waals surface area contributed by atoms with Crippen molar-refractivity contribution in [2.24, 2.45) is 0 Å². The fourth-order valence-electron chi connectivity index (χ4n) is 2.53. The van der Waals surface area contributed by atoms with Gasteiger partial charge in [0.25, 0.3) is 5.91 Å². The predicted octanol–water partition coefficient (Wildman–Crippen LogP) is 1.20. The fraction of sp³-hybridized carbons (Fsp3) is 0.467. The highest BCUT2D eigenvalue weighted by Crippen LogP contribution is 2.24. The van der Waals surface area contributed by atoms with Gasteiger partial charge < -0.3 is 14.8 Å². The van der Waals surface area contributed by atoms with Crippen LogP contribution in [0.4, 0.5) is 0 Å². The standard InChI is InChI=1S/C15H18ClNO6S/c1-15(5-6-24(20,21)9-15)17-13(18)8-23-14(19)11-7-10(16)3-4-12(11)22-2/h3-4,7H,5-6,8-9H2,1-2H3,(H,17,18). The lowest BCUT2D eigenvalue weighted by Crippen LogP contribution is -2.48. The number of ether oxygens (including phenoxy) is 2. The Morgan fingerprint density at radius 1 is 1.38 bits per heavy atom. The number of carbonyl (C=O) groups excluding carboxylic acids is 2. The number of benzene rings is 1. The van der Waals surface area contributed by atoms with Gasteiger partial charge in [0.2, 0.25) is 0 Å². The van der Waals surface area contributed by atoms with E-state index in [1.54, 1.807) is 13.0 Å². The van der Waals surface area contributed by atoms with E-state index in [-0.39, 0.29) is 22.8 Å². The zero-order valence-corrected chi connectivity index (χ0v) is 14.9. The monoisotopic (exact) mass is 375 g/mol. The summed E-state index contributed by atoms with van der Waals surface area (Å²) in [5, 5.41) is 2.93. The van der Waals surface area contributed by atoms with Gasteiger partial charge in [0.1, 0.15) is 11.3 Å². The number of hydrogen-bond donors (Lipinski definition) is 1. The van der Waals surface area contributed by atoms with Crippen molar-refractivity contribution in [2.45, 2.75) is 18.9 Å². The summed E-state index contributed by atoms with van der Waals surface area (Å²) in [6, 6.07) is 4.46. The van der Waals surface area contributed by atoms with E-state index in [0.717, 1.165) is 0 Å². The van der Waals surface area contributed by atoms with Gasteiger partial charge in [-0.15, -0.1) is 0 Å². The summed E-state index contributed by atoms with van der Waals surface area (Å²) < 4.78 is 33.0. The van der Waals surface area contributed by atoms with Crippen LogP contribution < -0.4 is 10.1 Å². The Bertz CT molecular complexity index is 763. The SMILES string of the molecule is COc1ccc(Cl)cc1C(=O)OCC(=O)NC1(C)CCS(=O)(=O)C1. The Labute approximate surface area is 145 Å². The summed E-state index contributed by atoms with van der Waals surface area (Å²) >= 11 is 5.84. The van der Waals surface area contributed by atoms with Crippen molar-refractivity contribution < 1.29 is 27.5 Å². The van der Waals surface area contributed by atoms with Crippen LogP contribution in [0.25, 0.3) is 0 Å². The van der Waals surface area contributed by atoms with Crippen LogP contribution >= 0.6 is 11.6 Å². The molecule has 24 heavy (non-hydrogen) atoms. The lowest BCUT2D eigenvalue weighted by atomic mass is 10.0. The molecule has 9 heteroatoms. The molecule has 0 saturated carbocycles. The van der Waals surface area contributed by atoms with E-state index in [9.17, 15) is 18.0 Å². The van der Waals surface area contributed by atoms with Gasteiger partial charge >= 0.3 is 5.97 Å². The highest BCUT2D eigenvalue weighted by Gasteiger charge is 2.39. The molecule has 132 valence electrons. The van der Waals surface area contributed by atoms with Crippen LogP contribution in [0.2, 0.25) is 5.02 Å². The Balaban J connectivity index is 1.95. The zero-order valence-electron chi connectivity index (χ0n) is 13.3. The minimum absolute atomic E-state index is 0.0310. The molecule has 1 fully saturated rings. The largest absolute Gasteiger partial charge is 0.496 e. The number of hydrogen-bond acceptors (Lipinski definition) is 6.